The van der Waals surface area contributed by atoms with Gasteiger partial charge in [0.15, 0.2) is 0 Å². The summed E-state index contributed by atoms with van der Waals surface area (Å²) in [4.78, 5) is 12.9. The number of nitrogens with zero attached hydrogens (tertiary/aromatic N) is 1. The molecule has 19 heavy (non-hydrogen) atoms. The first-order valence-corrected chi connectivity index (χ1v) is 7.14. The van der Waals surface area contributed by atoms with Crippen LogP contribution in [0.25, 0.3) is 0 Å². The highest BCUT2D eigenvalue weighted by Gasteiger charge is 2.36. The average Bonchev–Trinajstić information content (AvgIpc) is 2.27. The molecule has 0 saturated heterocycles. The number of hydrogen-bond acceptors (Lipinski definition) is 3. The maximum absolute atomic E-state index is 10.6. The molecule has 0 bridgehead atoms. The zero-order valence-corrected chi connectivity index (χ0v) is 12.7. The molecule has 4 nitrogen and oxygen atoms in total. The fraction of sp³-hybridized carbons (Fsp3) is 0.800. The topological polar surface area (TPSA) is 52.6 Å². The third kappa shape index (κ3) is 4.96. The molecule has 1 rings (SSSR count). The molecule has 0 aliphatic heterocycles. The van der Waals surface area contributed by atoms with E-state index >= 15 is 0 Å². The molecule has 2 atom stereocenters. The van der Waals surface area contributed by atoms with Gasteiger partial charge in [0.1, 0.15) is 0 Å². The molecule has 0 amide bonds. The summed E-state index contributed by atoms with van der Waals surface area (Å²) in [5.74, 6) is -0.0958. The van der Waals surface area contributed by atoms with Crippen LogP contribution in [0, 0.1) is 5.92 Å². The van der Waals surface area contributed by atoms with Crippen molar-refractivity contribution in [1.29, 1.82) is 0 Å². The van der Waals surface area contributed by atoms with Crippen molar-refractivity contribution in [2.24, 2.45) is 5.92 Å². The smallest absolute Gasteiger partial charge is 0.328 e. The Balaban J connectivity index is 2.53. The Kier molecular flexibility index (Phi) is 6.01. The number of carbonyl (C=O) groups is 1. The summed E-state index contributed by atoms with van der Waals surface area (Å²) in [7, 11) is 4.30. The number of carboxylic acid groups (broad SMARTS) is 1. The minimum Gasteiger partial charge on any atom is -0.478 e. The van der Waals surface area contributed by atoms with E-state index in [1.807, 2.05) is 6.92 Å². The Hall–Kier alpha value is -0.870. The predicted octanol–water partition coefficient (Wildman–Crippen LogP) is 2.12. The first kappa shape index (κ1) is 16.2. The van der Waals surface area contributed by atoms with Crippen LogP contribution in [0.4, 0.5) is 0 Å². The van der Waals surface area contributed by atoms with Gasteiger partial charge >= 0.3 is 5.97 Å². The Morgan fingerprint density at radius 2 is 2.21 bits per heavy atom. The van der Waals surface area contributed by atoms with Crippen LogP contribution in [0.15, 0.2) is 11.6 Å². The maximum atomic E-state index is 10.6. The van der Waals surface area contributed by atoms with E-state index in [-0.39, 0.29) is 5.54 Å². The van der Waals surface area contributed by atoms with Gasteiger partial charge in [0.05, 0.1) is 0 Å². The lowest BCUT2D eigenvalue weighted by Crippen LogP contribution is -2.54. The normalized spacial score (nSPS) is 28.7. The summed E-state index contributed by atoms with van der Waals surface area (Å²) in [5, 5.41) is 12.1. The van der Waals surface area contributed by atoms with Crippen molar-refractivity contribution in [3.8, 4) is 0 Å². The zero-order valence-electron chi connectivity index (χ0n) is 12.7. The van der Waals surface area contributed by atoms with Gasteiger partial charge in [-0.05, 0) is 39.8 Å². The zero-order chi connectivity index (χ0) is 14.5. The highest BCUT2D eigenvalue weighted by molar-refractivity contribution is 5.80. The summed E-state index contributed by atoms with van der Waals surface area (Å²) in [6.07, 6.45) is 6.32. The van der Waals surface area contributed by atoms with Gasteiger partial charge in [-0.1, -0.05) is 25.3 Å². The molecular weight excluding hydrogens is 240 g/mol. The molecule has 2 N–H and O–H groups in total. The van der Waals surface area contributed by atoms with Gasteiger partial charge < -0.3 is 15.3 Å². The van der Waals surface area contributed by atoms with E-state index in [1.54, 1.807) is 0 Å². The maximum Gasteiger partial charge on any atom is 0.328 e. The Bertz CT molecular complexity index is 339. The first-order valence-electron chi connectivity index (χ1n) is 7.14. The molecule has 0 radical (unpaired) electrons. The van der Waals surface area contributed by atoms with E-state index in [9.17, 15) is 4.79 Å². The molecule has 0 aromatic rings. The average molecular weight is 268 g/mol. The van der Waals surface area contributed by atoms with Crippen molar-refractivity contribution in [2.75, 3.05) is 27.2 Å². The van der Waals surface area contributed by atoms with Crippen LogP contribution in [0.5, 0.6) is 0 Å². The third-order valence-electron chi connectivity index (χ3n) is 4.24. The molecule has 1 aliphatic carbocycles. The van der Waals surface area contributed by atoms with E-state index in [1.165, 1.54) is 31.8 Å². The lowest BCUT2D eigenvalue weighted by atomic mass is 9.75. The molecule has 4 heteroatoms. The van der Waals surface area contributed by atoms with Crippen molar-refractivity contribution in [3.63, 3.8) is 0 Å². The van der Waals surface area contributed by atoms with Crippen LogP contribution < -0.4 is 5.32 Å². The number of rotatable bonds is 6. The number of aliphatic carboxylic acids is 1. The SMILES string of the molecule is CC(=CC(=O)O)CNCC1(N(C)C)CCCC(C)C1. The lowest BCUT2D eigenvalue weighted by Gasteiger charge is -2.45. The number of hydrogen-bond donors (Lipinski definition) is 2. The largest absolute Gasteiger partial charge is 0.478 e. The van der Waals surface area contributed by atoms with Gasteiger partial charge in [-0.15, -0.1) is 0 Å². The molecule has 110 valence electrons. The van der Waals surface area contributed by atoms with E-state index in [0.717, 1.165) is 18.0 Å². The molecule has 1 aliphatic rings. The molecule has 2 unspecified atom stereocenters. The number of nitrogens with one attached hydrogen (secondary N) is 1. The fourth-order valence-corrected chi connectivity index (χ4v) is 3.11. The van der Waals surface area contributed by atoms with Gasteiger partial charge in [-0.3, -0.25) is 0 Å². The van der Waals surface area contributed by atoms with Gasteiger partial charge in [0.25, 0.3) is 0 Å². The summed E-state index contributed by atoms with van der Waals surface area (Å²) < 4.78 is 0. The van der Waals surface area contributed by atoms with Crippen LogP contribution in [-0.4, -0.2) is 48.7 Å². The Labute approximate surface area is 116 Å². The molecule has 0 aromatic carbocycles. The lowest BCUT2D eigenvalue weighted by molar-refractivity contribution is -0.131. The monoisotopic (exact) mass is 268 g/mol. The Morgan fingerprint density at radius 3 is 2.74 bits per heavy atom. The van der Waals surface area contributed by atoms with Gasteiger partial charge in [-0.25, -0.2) is 4.79 Å². The van der Waals surface area contributed by atoms with Crippen LogP contribution in [-0.2, 0) is 4.79 Å². The van der Waals surface area contributed by atoms with Crippen molar-refractivity contribution in [2.45, 2.75) is 45.1 Å². The summed E-state index contributed by atoms with van der Waals surface area (Å²) in [5.41, 5.74) is 1.09. The van der Waals surface area contributed by atoms with Gasteiger partial charge in [-0.2, -0.15) is 0 Å². The van der Waals surface area contributed by atoms with Crippen molar-refractivity contribution in [1.82, 2.24) is 10.2 Å². The second-order valence-electron chi connectivity index (χ2n) is 6.25. The van der Waals surface area contributed by atoms with Crippen LogP contribution in [0.1, 0.15) is 39.5 Å². The highest BCUT2D eigenvalue weighted by Crippen LogP contribution is 2.35. The number of carboxylic acids is 1. The van der Waals surface area contributed by atoms with E-state index < -0.39 is 5.97 Å². The molecule has 1 fully saturated rings. The number of likely N-dealkylation sites (N-methyl/N-ethyl adjacent to an activating group) is 1. The molecular formula is C15H28N2O2. The van der Waals surface area contributed by atoms with Gasteiger partial charge in [0, 0.05) is 24.7 Å². The summed E-state index contributed by atoms with van der Waals surface area (Å²) in [6.45, 7) is 5.76. The van der Waals surface area contributed by atoms with Crippen LogP contribution >= 0.6 is 0 Å². The van der Waals surface area contributed by atoms with Crippen molar-refractivity contribution in [3.05, 3.63) is 11.6 Å². The Morgan fingerprint density at radius 1 is 1.53 bits per heavy atom. The van der Waals surface area contributed by atoms with E-state index in [2.05, 4.69) is 31.2 Å². The van der Waals surface area contributed by atoms with Gasteiger partial charge in [0.2, 0.25) is 0 Å². The van der Waals surface area contributed by atoms with Crippen molar-refractivity contribution < 1.29 is 9.90 Å². The first-order chi connectivity index (χ1) is 8.85. The summed E-state index contributed by atoms with van der Waals surface area (Å²) >= 11 is 0. The van der Waals surface area contributed by atoms with E-state index in [0.29, 0.717) is 6.54 Å². The standard InChI is InChI=1S/C15H28N2O2/c1-12-6-5-7-15(9-12,17(3)4)11-16-10-13(2)8-14(18)19/h8,12,16H,5-7,9-11H2,1-4H3,(H,18,19). The minimum absolute atomic E-state index is 0.223. The van der Waals surface area contributed by atoms with E-state index in [4.69, 9.17) is 5.11 Å². The highest BCUT2D eigenvalue weighted by atomic mass is 16.4. The van der Waals surface area contributed by atoms with Crippen molar-refractivity contribution >= 4 is 5.97 Å². The third-order valence-corrected chi connectivity index (χ3v) is 4.24. The quantitative estimate of drug-likeness (QED) is 0.725. The minimum atomic E-state index is -0.868. The predicted molar refractivity (Wildman–Crippen MR) is 78.3 cm³/mol. The molecule has 0 aromatic heterocycles. The second kappa shape index (κ2) is 7.06. The van der Waals surface area contributed by atoms with Crippen LogP contribution in [0.2, 0.25) is 0 Å². The summed E-state index contributed by atoms with van der Waals surface area (Å²) in [6, 6.07) is 0. The molecule has 1 saturated carbocycles. The fourth-order valence-electron chi connectivity index (χ4n) is 3.11. The van der Waals surface area contributed by atoms with Crippen LogP contribution in [0.3, 0.4) is 0 Å². The second-order valence-corrected chi connectivity index (χ2v) is 6.25. The molecule has 0 spiro atoms. The molecule has 0 heterocycles.